The first-order valence-corrected chi connectivity index (χ1v) is 7.57. The number of carboxylic acid groups (broad SMARTS) is 1. The average Bonchev–Trinajstić information content (AvgIpc) is 2.59. The number of nitrogens with one attached hydrogen (secondary N) is 2. The number of nitrogen functional groups attached to an aromatic ring is 1. The molecule has 0 heterocycles. The summed E-state index contributed by atoms with van der Waals surface area (Å²) in [7, 11) is 0. The van der Waals surface area contributed by atoms with Crippen LogP contribution in [0.4, 0.5) is 0 Å². The molecule has 1 amide bonds. The van der Waals surface area contributed by atoms with Crippen molar-refractivity contribution in [3.63, 3.8) is 0 Å². The van der Waals surface area contributed by atoms with Gasteiger partial charge in [0.25, 0.3) is 0 Å². The molecule has 130 valence electrons. The Balaban J connectivity index is 1.81. The van der Waals surface area contributed by atoms with Crippen molar-refractivity contribution < 1.29 is 19.4 Å². The highest BCUT2D eigenvalue weighted by atomic mass is 16.5. The van der Waals surface area contributed by atoms with E-state index in [0.717, 1.165) is 11.1 Å². The van der Waals surface area contributed by atoms with E-state index in [4.69, 9.17) is 21.0 Å². The molecule has 7 nitrogen and oxygen atoms in total. The van der Waals surface area contributed by atoms with Crippen molar-refractivity contribution in [2.75, 3.05) is 6.61 Å². The average molecular weight is 341 g/mol. The highest BCUT2D eigenvalue weighted by Gasteiger charge is 2.05. The number of carboxylic acids is 1. The Hall–Kier alpha value is -3.35. The van der Waals surface area contributed by atoms with Crippen molar-refractivity contribution in [2.24, 2.45) is 5.73 Å². The molecule has 0 saturated carbocycles. The third-order valence-electron chi connectivity index (χ3n) is 3.40. The van der Waals surface area contributed by atoms with E-state index in [1.54, 1.807) is 48.5 Å². The fraction of sp³-hybridized carbons (Fsp3) is 0.167. The Bertz CT molecular complexity index is 755. The molecule has 0 aliphatic carbocycles. The quantitative estimate of drug-likeness (QED) is 0.425. The van der Waals surface area contributed by atoms with Gasteiger partial charge in [0.05, 0.1) is 6.42 Å². The molecule has 0 fully saturated rings. The molecule has 0 aliphatic heterocycles. The smallest absolute Gasteiger partial charge is 0.341 e. The Morgan fingerprint density at radius 1 is 1.04 bits per heavy atom. The monoisotopic (exact) mass is 341 g/mol. The van der Waals surface area contributed by atoms with Gasteiger partial charge in [-0.1, -0.05) is 36.4 Å². The molecule has 0 radical (unpaired) electrons. The van der Waals surface area contributed by atoms with Crippen LogP contribution in [0.5, 0.6) is 5.75 Å². The SMILES string of the molecule is N=C(N)c1ccc(CC(=O)NCc2ccc(OCC(=O)O)cc2)cc1. The zero-order chi connectivity index (χ0) is 18.2. The summed E-state index contributed by atoms with van der Waals surface area (Å²) < 4.78 is 5.04. The Morgan fingerprint density at radius 3 is 2.20 bits per heavy atom. The number of hydrogen-bond donors (Lipinski definition) is 4. The highest BCUT2D eigenvalue weighted by molar-refractivity contribution is 5.95. The van der Waals surface area contributed by atoms with E-state index in [1.807, 2.05) is 0 Å². The van der Waals surface area contributed by atoms with E-state index >= 15 is 0 Å². The maximum Gasteiger partial charge on any atom is 0.341 e. The lowest BCUT2D eigenvalue weighted by Gasteiger charge is -2.08. The first-order chi connectivity index (χ1) is 11.9. The topological polar surface area (TPSA) is 126 Å². The van der Waals surface area contributed by atoms with Crippen molar-refractivity contribution in [2.45, 2.75) is 13.0 Å². The second kappa shape index (κ2) is 8.49. The van der Waals surface area contributed by atoms with Gasteiger partial charge in [0, 0.05) is 12.1 Å². The van der Waals surface area contributed by atoms with Gasteiger partial charge in [-0.15, -0.1) is 0 Å². The van der Waals surface area contributed by atoms with Crippen molar-refractivity contribution in [1.82, 2.24) is 5.32 Å². The third-order valence-corrected chi connectivity index (χ3v) is 3.40. The molecule has 25 heavy (non-hydrogen) atoms. The summed E-state index contributed by atoms with van der Waals surface area (Å²) in [5, 5.41) is 18.7. The van der Waals surface area contributed by atoms with Gasteiger partial charge < -0.3 is 20.9 Å². The number of hydrogen-bond acceptors (Lipinski definition) is 4. The zero-order valence-corrected chi connectivity index (χ0v) is 13.5. The van der Waals surface area contributed by atoms with Gasteiger partial charge in [-0.3, -0.25) is 10.2 Å². The molecule has 2 aromatic rings. The van der Waals surface area contributed by atoms with Gasteiger partial charge in [0.2, 0.25) is 5.91 Å². The molecule has 0 aromatic heterocycles. The minimum absolute atomic E-state index is 0.00761. The number of amides is 1. The molecule has 2 rings (SSSR count). The summed E-state index contributed by atoms with van der Waals surface area (Å²) in [6.07, 6.45) is 0.234. The Kier molecular flexibility index (Phi) is 6.11. The van der Waals surface area contributed by atoms with Gasteiger partial charge in [-0.05, 0) is 23.3 Å². The van der Waals surface area contributed by atoms with Crippen LogP contribution >= 0.6 is 0 Å². The summed E-state index contributed by atoms with van der Waals surface area (Å²) >= 11 is 0. The number of nitrogens with two attached hydrogens (primary N) is 1. The van der Waals surface area contributed by atoms with Gasteiger partial charge >= 0.3 is 5.97 Å². The number of benzene rings is 2. The van der Waals surface area contributed by atoms with Gasteiger partial charge in [0.1, 0.15) is 11.6 Å². The van der Waals surface area contributed by atoms with Crippen LogP contribution in [0.1, 0.15) is 16.7 Å². The maximum atomic E-state index is 12.0. The van der Waals surface area contributed by atoms with Crippen LogP contribution < -0.4 is 15.8 Å². The molecular formula is C18H19N3O4. The van der Waals surface area contributed by atoms with E-state index in [-0.39, 0.29) is 18.2 Å². The Morgan fingerprint density at radius 2 is 1.64 bits per heavy atom. The molecule has 7 heteroatoms. The first kappa shape index (κ1) is 18.0. The van der Waals surface area contributed by atoms with E-state index in [1.165, 1.54) is 0 Å². The second-order valence-electron chi connectivity index (χ2n) is 5.39. The molecule has 2 aromatic carbocycles. The predicted octanol–water partition coefficient (Wildman–Crippen LogP) is 1.29. The van der Waals surface area contributed by atoms with E-state index in [2.05, 4.69) is 5.32 Å². The summed E-state index contributed by atoms with van der Waals surface area (Å²) in [5.74, 6) is -0.704. The van der Waals surface area contributed by atoms with Crippen molar-refractivity contribution >= 4 is 17.7 Å². The first-order valence-electron chi connectivity index (χ1n) is 7.57. The second-order valence-corrected chi connectivity index (χ2v) is 5.39. The highest BCUT2D eigenvalue weighted by Crippen LogP contribution is 2.12. The zero-order valence-electron chi connectivity index (χ0n) is 13.5. The molecule has 0 atom stereocenters. The fourth-order valence-electron chi connectivity index (χ4n) is 2.10. The minimum atomic E-state index is -1.03. The van der Waals surface area contributed by atoms with Gasteiger partial charge in [-0.2, -0.15) is 0 Å². The van der Waals surface area contributed by atoms with E-state index in [0.29, 0.717) is 17.9 Å². The standard InChI is InChI=1S/C18H19N3O4/c19-18(20)14-5-1-12(2-6-14)9-16(22)21-10-13-3-7-15(8-4-13)25-11-17(23)24/h1-8H,9-11H2,(H3,19,20)(H,21,22)(H,23,24). The molecule has 0 unspecified atom stereocenters. The molecule has 5 N–H and O–H groups in total. The van der Waals surface area contributed by atoms with Crippen LogP contribution in [0.3, 0.4) is 0 Å². The lowest BCUT2D eigenvalue weighted by atomic mass is 10.1. The molecule has 0 aliphatic rings. The number of carbonyl (C=O) groups is 2. The van der Waals surface area contributed by atoms with Crippen molar-refractivity contribution in [3.8, 4) is 5.75 Å². The fourth-order valence-corrected chi connectivity index (χ4v) is 2.10. The molecule has 0 saturated heterocycles. The summed E-state index contributed by atoms with van der Waals surface area (Å²) in [6.45, 7) is -0.0257. The van der Waals surface area contributed by atoms with Crippen LogP contribution in [0.25, 0.3) is 0 Å². The minimum Gasteiger partial charge on any atom is -0.482 e. The lowest BCUT2D eigenvalue weighted by Crippen LogP contribution is -2.24. The summed E-state index contributed by atoms with van der Waals surface area (Å²) in [4.78, 5) is 22.4. The summed E-state index contributed by atoms with van der Waals surface area (Å²) in [5.41, 5.74) is 7.72. The van der Waals surface area contributed by atoms with Crippen LogP contribution in [0.15, 0.2) is 48.5 Å². The van der Waals surface area contributed by atoms with Crippen LogP contribution in [0, 0.1) is 5.41 Å². The number of ether oxygens (including phenoxy) is 1. The molecule has 0 spiro atoms. The summed E-state index contributed by atoms with van der Waals surface area (Å²) in [6, 6.07) is 13.8. The molecule has 0 bridgehead atoms. The Labute approximate surface area is 144 Å². The van der Waals surface area contributed by atoms with E-state index in [9.17, 15) is 9.59 Å². The predicted molar refractivity (Wildman–Crippen MR) is 92.6 cm³/mol. The van der Waals surface area contributed by atoms with Gasteiger partial charge in [0.15, 0.2) is 6.61 Å². The largest absolute Gasteiger partial charge is 0.482 e. The van der Waals surface area contributed by atoms with Crippen molar-refractivity contribution in [1.29, 1.82) is 5.41 Å². The van der Waals surface area contributed by atoms with Crippen LogP contribution in [0.2, 0.25) is 0 Å². The van der Waals surface area contributed by atoms with E-state index < -0.39 is 12.6 Å². The number of rotatable bonds is 8. The van der Waals surface area contributed by atoms with Crippen LogP contribution in [-0.2, 0) is 22.6 Å². The van der Waals surface area contributed by atoms with Crippen molar-refractivity contribution in [3.05, 3.63) is 65.2 Å². The van der Waals surface area contributed by atoms with Gasteiger partial charge in [-0.25, -0.2) is 4.79 Å². The normalized spacial score (nSPS) is 10.1. The molecular weight excluding hydrogens is 322 g/mol. The third kappa shape index (κ3) is 5.98. The number of carbonyl (C=O) groups excluding carboxylic acids is 1. The number of amidine groups is 1. The maximum absolute atomic E-state index is 12.0. The van der Waals surface area contributed by atoms with Crippen LogP contribution in [-0.4, -0.2) is 29.4 Å². The number of aliphatic carboxylic acids is 1. The lowest BCUT2D eigenvalue weighted by molar-refractivity contribution is -0.139.